The maximum absolute atomic E-state index is 12.5. The first-order chi connectivity index (χ1) is 12.6. The summed E-state index contributed by atoms with van der Waals surface area (Å²) in [5, 5.41) is 27.1. The molecule has 0 heterocycles. The van der Waals surface area contributed by atoms with Gasteiger partial charge in [-0.3, -0.25) is 25.0 Å². The molecule has 1 atom stereocenters. The van der Waals surface area contributed by atoms with E-state index >= 15 is 0 Å². The minimum atomic E-state index is -1.99. The Morgan fingerprint density at radius 2 is 1.48 bits per heavy atom. The molecule has 0 bridgehead atoms. The van der Waals surface area contributed by atoms with E-state index in [2.05, 4.69) is 10.6 Å². The average Bonchev–Trinajstić information content (AvgIpc) is 2.60. The predicted molar refractivity (Wildman–Crippen MR) is 101 cm³/mol. The number of nitro benzene ring substituents is 2. The van der Waals surface area contributed by atoms with Crippen molar-refractivity contribution in [2.45, 2.75) is 9.96 Å². The lowest BCUT2D eigenvalue weighted by molar-refractivity contribution is -0.394. The van der Waals surface area contributed by atoms with Crippen LogP contribution < -0.4 is 10.6 Å². The molecule has 0 fully saturated rings. The van der Waals surface area contributed by atoms with Crippen molar-refractivity contribution in [2.75, 3.05) is 5.32 Å². The van der Waals surface area contributed by atoms with Gasteiger partial charge in [0.15, 0.2) is 0 Å². The lowest BCUT2D eigenvalue weighted by Crippen LogP contribution is -2.49. The number of hydrogen-bond acceptors (Lipinski definition) is 6. The van der Waals surface area contributed by atoms with Crippen molar-refractivity contribution in [3.63, 3.8) is 0 Å². The first-order valence-electron chi connectivity index (χ1n) is 7.21. The lowest BCUT2D eigenvalue weighted by atomic mass is 10.1. The number of carbonyl (C=O) groups excluding carboxylic acids is 1. The molecule has 0 aliphatic rings. The number of carbonyl (C=O) groups is 1. The zero-order valence-corrected chi connectivity index (χ0v) is 15.5. The van der Waals surface area contributed by atoms with E-state index in [0.29, 0.717) is 5.69 Å². The van der Waals surface area contributed by atoms with Crippen LogP contribution in [0.5, 0.6) is 0 Å². The second-order valence-corrected chi connectivity index (χ2v) is 7.58. The van der Waals surface area contributed by atoms with Gasteiger partial charge in [0.2, 0.25) is 3.79 Å². The number of rotatable bonds is 6. The Morgan fingerprint density at radius 1 is 0.963 bits per heavy atom. The molecule has 1 unspecified atom stereocenters. The zero-order chi connectivity index (χ0) is 20.2. The van der Waals surface area contributed by atoms with Crippen molar-refractivity contribution in [3.8, 4) is 0 Å². The normalized spacial score (nSPS) is 12.1. The van der Waals surface area contributed by atoms with E-state index in [-0.39, 0.29) is 5.56 Å². The minimum absolute atomic E-state index is 0.329. The van der Waals surface area contributed by atoms with Crippen LogP contribution >= 0.6 is 34.8 Å². The molecule has 2 aromatic rings. The molecule has 0 saturated carbocycles. The summed E-state index contributed by atoms with van der Waals surface area (Å²) in [5.41, 5.74) is -1.03. The Labute approximate surface area is 167 Å². The van der Waals surface area contributed by atoms with Crippen LogP contribution in [0.25, 0.3) is 0 Å². The largest absolute Gasteiger partial charge is 0.362 e. The molecule has 9 nitrogen and oxygen atoms in total. The third-order valence-corrected chi connectivity index (χ3v) is 3.93. The van der Waals surface area contributed by atoms with Gasteiger partial charge in [-0.25, -0.2) is 0 Å². The van der Waals surface area contributed by atoms with E-state index in [1.54, 1.807) is 30.3 Å². The van der Waals surface area contributed by atoms with Crippen LogP contribution in [0.4, 0.5) is 17.1 Å². The number of amides is 1. The van der Waals surface area contributed by atoms with Crippen LogP contribution in [0.15, 0.2) is 48.5 Å². The van der Waals surface area contributed by atoms with Crippen LogP contribution in [0.1, 0.15) is 10.4 Å². The van der Waals surface area contributed by atoms with Gasteiger partial charge in [-0.05, 0) is 12.1 Å². The van der Waals surface area contributed by atoms with Gasteiger partial charge in [-0.1, -0.05) is 53.0 Å². The predicted octanol–water partition coefficient (Wildman–Crippen LogP) is 4.04. The fraction of sp³-hybridized carbons (Fsp3) is 0.133. The number of benzene rings is 2. The second kappa shape index (κ2) is 8.38. The van der Waals surface area contributed by atoms with Crippen molar-refractivity contribution in [1.29, 1.82) is 0 Å². The monoisotopic (exact) mass is 432 g/mol. The number of nitrogens with zero attached hydrogens (tertiary/aromatic N) is 2. The number of anilines is 1. The average molecular weight is 434 g/mol. The third-order valence-electron chi connectivity index (χ3n) is 3.27. The topological polar surface area (TPSA) is 127 Å². The van der Waals surface area contributed by atoms with Gasteiger partial charge in [0.05, 0.1) is 21.5 Å². The summed E-state index contributed by atoms with van der Waals surface area (Å²) in [5.74, 6) is -0.901. The molecular formula is C15H11Cl3N4O5. The van der Waals surface area contributed by atoms with E-state index in [9.17, 15) is 25.0 Å². The number of non-ortho nitro benzene ring substituents is 2. The van der Waals surface area contributed by atoms with Gasteiger partial charge in [0, 0.05) is 17.8 Å². The SMILES string of the molecule is O=C(NC(Nc1ccccc1)C(Cl)(Cl)Cl)c1cc([N+](=O)[O-])cc([N+](=O)[O-])c1. The number of alkyl halides is 3. The van der Waals surface area contributed by atoms with Crippen molar-refractivity contribution in [2.24, 2.45) is 0 Å². The summed E-state index contributed by atoms with van der Waals surface area (Å²) in [7, 11) is 0. The number of nitro groups is 2. The highest BCUT2D eigenvalue weighted by atomic mass is 35.6. The summed E-state index contributed by atoms with van der Waals surface area (Å²) in [6, 6.07) is 11.0. The van der Waals surface area contributed by atoms with Gasteiger partial charge in [0.1, 0.15) is 6.17 Å². The summed E-state index contributed by atoms with van der Waals surface area (Å²) >= 11 is 17.6. The highest BCUT2D eigenvalue weighted by Gasteiger charge is 2.34. The van der Waals surface area contributed by atoms with E-state index < -0.39 is 37.1 Å². The van der Waals surface area contributed by atoms with Crippen molar-refractivity contribution < 1.29 is 14.6 Å². The highest BCUT2D eigenvalue weighted by molar-refractivity contribution is 6.68. The molecule has 27 heavy (non-hydrogen) atoms. The number of halogens is 3. The molecular weight excluding hydrogens is 423 g/mol. The maximum atomic E-state index is 12.5. The van der Waals surface area contributed by atoms with Crippen molar-refractivity contribution in [1.82, 2.24) is 5.32 Å². The first kappa shape index (κ1) is 20.7. The standard InChI is InChI=1S/C15H11Cl3N4O5/c16-15(17,18)14(19-10-4-2-1-3-5-10)20-13(23)9-6-11(21(24)25)8-12(7-9)22(26)27/h1-8,14,19H,(H,20,23). The molecule has 12 heteroatoms. The minimum Gasteiger partial charge on any atom is -0.362 e. The lowest BCUT2D eigenvalue weighted by Gasteiger charge is -2.27. The number of hydrogen-bond donors (Lipinski definition) is 2. The fourth-order valence-corrected chi connectivity index (χ4v) is 2.38. The van der Waals surface area contributed by atoms with E-state index in [1.165, 1.54) is 0 Å². The van der Waals surface area contributed by atoms with Crippen LogP contribution in [0.2, 0.25) is 0 Å². The molecule has 0 aliphatic carbocycles. The third kappa shape index (κ3) is 5.68. The smallest absolute Gasteiger partial charge is 0.277 e. The Morgan fingerprint density at radius 3 is 1.93 bits per heavy atom. The molecule has 0 radical (unpaired) electrons. The molecule has 2 rings (SSSR count). The van der Waals surface area contributed by atoms with Crippen LogP contribution in [0.3, 0.4) is 0 Å². The number of nitrogens with one attached hydrogen (secondary N) is 2. The summed E-state index contributed by atoms with van der Waals surface area (Å²) < 4.78 is -1.99. The quantitative estimate of drug-likeness (QED) is 0.306. The Kier molecular flexibility index (Phi) is 6.42. The first-order valence-corrected chi connectivity index (χ1v) is 8.34. The second-order valence-electron chi connectivity index (χ2n) is 5.21. The van der Waals surface area contributed by atoms with Gasteiger partial charge < -0.3 is 10.6 Å². The van der Waals surface area contributed by atoms with Gasteiger partial charge in [-0.15, -0.1) is 0 Å². The molecule has 0 saturated heterocycles. The van der Waals surface area contributed by atoms with Crippen LogP contribution in [-0.4, -0.2) is 25.7 Å². The van der Waals surface area contributed by atoms with Crippen molar-refractivity contribution in [3.05, 3.63) is 74.3 Å². The molecule has 0 aliphatic heterocycles. The molecule has 0 aromatic heterocycles. The Bertz CT molecular complexity index is 841. The summed E-state index contributed by atoms with van der Waals surface area (Å²) in [6.07, 6.45) is -1.23. The summed E-state index contributed by atoms with van der Waals surface area (Å²) in [6.45, 7) is 0. The van der Waals surface area contributed by atoms with E-state index in [0.717, 1.165) is 18.2 Å². The number of para-hydroxylation sites is 1. The summed E-state index contributed by atoms with van der Waals surface area (Å²) in [4.78, 5) is 32.7. The Balaban J connectivity index is 2.32. The molecule has 0 spiro atoms. The molecule has 2 N–H and O–H groups in total. The van der Waals surface area contributed by atoms with E-state index in [1.807, 2.05) is 0 Å². The van der Waals surface area contributed by atoms with E-state index in [4.69, 9.17) is 34.8 Å². The Hall–Kier alpha value is -2.62. The molecule has 1 amide bonds. The molecule has 142 valence electrons. The van der Waals surface area contributed by atoms with Gasteiger partial charge >= 0.3 is 0 Å². The van der Waals surface area contributed by atoms with Gasteiger partial charge in [0.25, 0.3) is 17.3 Å². The van der Waals surface area contributed by atoms with Crippen LogP contribution in [0, 0.1) is 20.2 Å². The maximum Gasteiger partial charge on any atom is 0.277 e. The van der Waals surface area contributed by atoms with Gasteiger partial charge in [-0.2, -0.15) is 0 Å². The van der Waals surface area contributed by atoms with Crippen molar-refractivity contribution >= 4 is 57.8 Å². The fourth-order valence-electron chi connectivity index (χ4n) is 2.05. The zero-order valence-electron chi connectivity index (χ0n) is 13.3. The highest BCUT2D eigenvalue weighted by Crippen LogP contribution is 2.31. The molecule has 2 aromatic carbocycles. The van der Waals surface area contributed by atoms with Crippen LogP contribution in [-0.2, 0) is 0 Å².